The number of amides is 2. The summed E-state index contributed by atoms with van der Waals surface area (Å²) in [6.45, 7) is 4.63. The van der Waals surface area contributed by atoms with Crippen molar-refractivity contribution >= 4 is 58.0 Å². The molecular weight excluding hydrogens is 421 g/mol. The molecule has 28 heavy (non-hydrogen) atoms. The minimum absolute atomic E-state index is 0.0574. The van der Waals surface area contributed by atoms with Gasteiger partial charge in [-0.3, -0.25) is 14.5 Å². The standard InChI is InChI=1S/C20H22Cl3N3O2/c1-3-8-26(11-19(27)24-17-6-4-13(2)9-15(17)22)12-20(28)25-18-7-5-14(21)10-16(18)23/h4-7,9-10H,3,8,11-12H2,1-2H3,(H,24,27)(H,25,28). The minimum atomic E-state index is -0.265. The Kier molecular flexibility index (Phi) is 8.58. The molecule has 0 aromatic heterocycles. The Morgan fingerprint density at radius 2 is 1.43 bits per heavy atom. The van der Waals surface area contributed by atoms with Crippen molar-refractivity contribution in [2.24, 2.45) is 0 Å². The van der Waals surface area contributed by atoms with Crippen LogP contribution in [0.3, 0.4) is 0 Å². The molecule has 0 unspecified atom stereocenters. The summed E-state index contributed by atoms with van der Waals surface area (Å²) in [6, 6.07) is 10.2. The Morgan fingerprint density at radius 1 is 0.893 bits per heavy atom. The summed E-state index contributed by atoms with van der Waals surface area (Å²) in [6.07, 6.45) is 0.799. The lowest BCUT2D eigenvalue weighted by molar-refractivity contribution is -0.120. The van der Waals surface area contributed by atoms with Gasteiger partial charge in [-0.2, -0.15) is 0 Å². The first-order valence-corrected chi connectivity index (χ1v) is 9.95. The van der Waals surface area contributed by atoms with Crippen molar-refractivity contribution in [2.45, 2.75) is 20.3 Å². The van der Waals surface area contributed by atoms with Crippen LogP contribution in [0.25, 0.3) is 0 Å². The largest absolute Gasteiger partial charge is 0.324 e. The van der Waals surface area contributed by atoms with Gasteiger partial charge in [-0.1, -0.05) is 47.8 Å². The second-order valence-corrected chi connectivity index (χ2v) is 7.67. The molecule has 0 aliphatic heterocycles. The Morgan fingerprint density at radius 3 is 1.93 bits per heavy atom. The predicted octanol–water partition coefficient (Wildman–Crippen LogP) is 5.24. The van der Waals surface area contributed by atoms with E-state index >= 15 is 0 Å². The third kappa shape index (κ3) is 6.99. The number of benzene rings is 2. The molecule has 0 saturated carbocycles. The molecule has 0 bridgehead atoms. The summed E-state index contributed by atoms with van der Waals surface area (Å²) in [5.74, 6) is -0.504. The van der Waals surface area contributed by atoms with Gasteiger partial charge in [0.25, 0.3) is 0 Å². The molecule has 0 fully saturated rings. The molecule has 5 nitrogen and oxygen atoms in total. The lowest BCUT2D eigenvalue weighted by atomic mass is 10.2. The average molecular weight is 443 g/mol. The first-order chi connectivity index (χ1) is 13.3. The van der Waals surface area contributed by atoms with Crippen LogP contribution in [-0.2, 0) is 9.59 Å². The van der Waals surface area contributed by atoms with Crippen LogP contribution in [0.1, 0.15) is 18.9 Å². The fraction of sp³-hybridized carbons (Fsp3) is 0.300. The molecule has 0 atom stereocenters. The van der Waals surface area contributed by atoms with E-state index in [1.165, 1.54) is 0 Å². The zero-order chi connectivity index (χ0) is 20.7. The van der Waals surface area contributed by atoms with Crippen LogP contribution in [0.4, 0.5) is 11.4 Å². The molecular formula is C20H22Cl3N3O2. The minimum Gasteiger partial charge on any atom is -0.324 e. The number of nitrogens with zero attached hydrogens (tertiary/aromatic N) is 1. The third-order valence-corrected chi connectivity index (χ3v) is 4.74. The van der Waals surface area contributed by atoms with Gasteiger partial charge in [-0.05, 0) is 55.8 Å². The second-order valence-electron chi connectivity index (χ2n) is 6.41. The molecule has 0 radical (unpaired) electrons. The van der Waals surface area contributed by atoms with Crippen LogP contribution in [0, 0.1) is 6.92 Å². The number of carbonyl (C=O) groups excluding carboxylic acids is 2. The second kappa shape index (κ2) is 10.7. The summed E-state index contributed by atoms with van der Waals surface area (Å²) >= 11 is 18.1. The highest BCUT2D eigenvalue weighted by Crippen LogP contribution is 2.25. The van der Waals surface area contributed by atoms with Gasteiger partial charge in [-0.15, -0.1) is 0 Å². The molecule has 0 heterocycles. The Bertz CT molecular complexity index is 791. The van der Waals surface area contributed by atoms with E-state index in [9.17, 15) is 9.59 Å². The quantitative estimate of drug-likeness (QED) is 0.587. The van der Waals surface area contributed by atoms with Crippen molar-refractivity contribution in [1.82, 2.24) is 4.90 Å². The van der Waals surface area contributed by atoms with E-state index in [1.807, 2.05) is 19.9 Å². The zero-order valence-corrected chi connectivity index (χ0v) is 18.0. The topological polar surface area (TPSA) is 61.4 Å². The highest BCUT2D eigenvalue weighted by atomic mass is 35.5. The van der Waals surface area contributed by atoms with Crippen LogP contribution < -0.4 is 10.6 Å². The van der Waals surface area contributed by atoms with E-state index in [1.54, 1.807) is 35.2 Å². The van der Waals surface area contributed by atoms with Gasteiger partial charge in [0.1, 0.15) is 0 Å². The Labute approximate surface area is 180 Å². The first-order valence-electron chi connectivity index (χ1n) is 8.81. The lowest BCUT2D eigenvalue weighted by Gasteiger charge is -2.21. The number of aryl methyl sites for hydroxylation is 1. The number of nitrogens with one attached hydrogen (secondary N) is 2. The number of anilines is 2. The summed E-state index contributed by atoms with van der Waals surface area (Å²) < 4.78 is 0. The molecule has 0 aliphatic rings. The number of hydrogen-bond acceptors (Lipinski definition) is 3. The highest BCUT2D eigenvalue weighted by Gasteiger charge is 2.16. The molecule has 2 rings (SSSR count). The van der Waals surface area contributed by atoms with Crippen LogP contribution >= 0.6 is 34.8 Å². The number of rotatable bonds is 8. The molecule has 2 N–H and O–H groups in total. The van der Waals surface area contributed by atoms with E-state index in [2.05, 4.69) is 10.6 Å². The smallest absolute Gasteiger partial charge is 0.238 e. The Balaban J connectivity index is 1.96. The number of hydrogen-bond donors (Lipinski definition) is 2. The van der Waals surface area contributed by atoms with Crippen LogP contribution in [0.15, 0.2) is 36.4 Å². The fourth-order valence-electron chi connectivity index (χ4n) is 2.63. The third-order valence-electron chi connectivity index (χ3n) is 3.88. The number of halogens is 3. The zero-order valence-electron chi connectivity index (χ0n) is 15.7. The van der Waals surface area contributed by atoms with Gasteiger partial charge < -0.3 is 10.6 Å². The molecule has 2 aromatic rings. The van der Waals surface area contributed by atoms with Gasteiger partial charge in [0.2, 0.25) is 11.8 Å². The van der Waals surface area contributed by atoms with E-state index in [4.69, 9.17) is 34.8 Å². The van der Waals surface area contributed by atoms with E-state index in [-0.39, 0.29) is 24.9 Å². The van der Waals surface area contributed by atoms with Crippen molar-refractivity contribution < 1.29 is 9.59 Å². The average Bonchev–Trinajstić information content (AvgIpc) is 2.60. The lowest BCUT2D eigenvalue weighted by Crippen LogP contribution is -2.39. The molecule has 2 aromatic carbocycles. The molecule has 150 valence electrons. The fourth-order valence-corrected chi connectivity index (χ4v) is 3.37. The van der Waals surface area contributed by atoms with Crippen molar-refractivity contribution in [3.8, 4) is 0 Å². The summed E-state index contributed by atoms with van der Waals surface area (Å²) in [7, 11) is 0. The van der Waals surface area contributed by atoms with E-state index in [0.717, 1.165) is 12.0 Å². The van der Waals surface area contributed by atoms with Crippen molar-refractivity contribution in [3.05, 3.63) is 57.0 Å². The van der Waals surface area contributed by atoms with Gasteiger partial charge in [0.15, 0.2) is 0 Å². The van der Waals surface area contributed by atoms with E-state index < -0.39 is 0 Å². The first kappa shape index (κ1) is 22.5. The summed E-state index contributed by atoms with van der Waals surface area (Å²) in [4.78, 5) is 26.5. The molecule has 0 aliphatic carbocycles. The van der Waals surface area contributed by atoms with Crippen molar-refractivity contribution in [3.63, 3.8) is 0 Å². The maximum absolute atomic E-state index is 12.4. The van der Waals surface area contributed by atoms with Gasteiger partial charge in [-0.25, -0.2) is 0 Å². The maximum atomic E-state index is 12.4. The van der Waals surface area contributed by atoms with Gasteiger partial charge in [0, 0.05) is 5.02 Å². The predicted molar refractivity (Wildman–Crippen MR) is 117 cm³/mol. The van der Waals surface area contributed by atoms with Gasteiger partial charge >= 0.3 is 0 Å². The highest BCUT2D eigenvalue weighted by molar-refractivity contribution is 6.36. The van der Waals surface area contributed by atoms with Crippen LogP contribution in [0.2, 0.25) is 15.1 Å². The molecule has 8 heteroatoms. The SMILES string of the molecule is CCCN(CC(=O)Nc1ccc(C)cc1Cl)CC(=O)Nc1ccc(Cl)cc1Cl. The molecule has 2 amide bonds. The van der Waals surface area contributed by atoms with Gasteiger partial charge in [0.05, 0.1) is 34.5 Å². The molecule has 0 spiro atoms. The Hall–Kier alpha value is -1.79. The van der Waals surface area contributed by atoms with Crippen LogP contribution in [0.5, 0.6) is 0 Å². The maximum Gasteiger partial charge on any atom is 0.238 e. The summed E-state index contributed by atoms with van der Waals surface area (Å²) in [5.41, 5.74) is 2.03. The van der Waals surface area contributed by atoms with Crippen molar-refractivity contribution in [2.75, 3.05) is 30.3 Å². The normalized spacial score (nSPS) is 10.8. The van der Waals surface area contributed by atoms with Crippen LogP contribution in [-0.4, -0.2) is 36.3 Å². The monoisotopic (exact) mass is 441 g/mol. The molecule has 0 saturated heterocycles. The number of carbonyl (C=O) groups is 2. The van der Waals surface area contributed by atoms with Crippen molar-refractivity contribution in [1.29, 1.82) is 0 Å². The van der Waals surface area contributed by atoms with E-state index in [0.29, 0.717) is 33.0 Å². The summed E-state index contributed by atoms with van der Waals surface area (Å²) in [5, 5.41) is 6.85.